The average Bonchev–Trinajstić information content (AvgIpc) is 2.54. The molecular formula is C9H9N3. The monoisotopic (exact) mass is 159 g/mol. The van der Waals surface area contributed by atoms with Crippen LogP contribution in [0.2, 0.25) is 0 Å². The van der Waals surface area contributed by atoms with Crippen molar-refractivity contribution in [1.29, 1.82) is 0 Å². The summed E-state index contributed by atoms with van der Waals surface area (Å²) >= 11 is 0. The van der Waals surface area contributed by atoms with Gasteiger partial charge in [0, 0.05) is 24.8 Å². The maximum absolute atomic E-state index is 4.11. The lowest BCUT2D eigenvalue weighted by Gasteiger charge is -1.97. The highest BCUT2D eigenvalue weighted by atomic mass is 15.1. The van der Waals surface area contributed by atoms with E-state index in [9.17, 15) is 0 Å². The lowest BCUT2D eigenvalue weighted by Crippen LogP contribution is -1.95. The van der Waals surface area contributed by atoms with Crippen molar-refractivity contribution in [2.45, 2.75) is 6.92 Å². The highest BCUT2D eigenvalue weighted by Gasteiger charge is 1.96. The Morgan fingerprint density at radius 1 is 1.25 bits per heavy atom. The van der Waals surface area contributed by atoms with Crippen molar-refractivity contribution >= 4 is 0 Å². The fraction of sp³-hybridized carbons (Fsp3) is 0.111. The van der Waals surface area contributed by atoms with Gasteiger partial charge in [0.1, 0.15) is 0 Å². The van der Waals surface area contributed by atoms with Crippen LogP contribution in [0.4, 0.5) is 0 Å². The van der Waals surface area contributed by atoms with Crippen LogP contribution in [0.3, 0.4) is 0 Å². The van der Waals surface area contributed by atoms with Gasteiger partial charge in [-0.05, 0) is 24.6 Å². The summed E-state index contributed by atoms with van der Waals surface area (Å²) < 4.78 is 1.90. The molecule has 0 atom stereocenters. The van der Waals surface area contributed by atoms with Gasteiger partial charge in [0.2, 0.25) is 5.95 Å². The molecule has 3 nitrogen and oxygen atoms in total. The topological polar surface area (TPSA) is 30.7 Å². The molecule has 2 aromatic rings. The zero-order valence-corrected chi connectivity index (χ0v) is 6.81. The molecule has 0 saturated heterocycles. The lowest BCUT2D eigenvalue weighted by molar-refractivity contribution is 0.933. The van der Waals surface area contributed by atoms with Crippen molar-refractivity contribution in [3.8, 4) is 5.95 Å². The van der Waals surface area contributed by atoms with E-state index in [-0.39, 0.29) is 0 Å². The summed E-state index contributed by atoms with van der Waals surface area (Å²) in [6.45, 7) is 2.04. The first-order valence-electron chi connectivity index (χ1n) is 3.78. The van der Waals surface area contributed by atoms with Gasteiger partial charge in [-0.3, -0.25) is 4.57 Å². The first-order chi connectivity index (χ1) is 5.86. The zero-order valence-electron chi connectivity index (χ0n) is 6.81. The van der Waals surface area contributed by atoms with Crippen LogP contribution in [0.25, 0.3) is 5.95 Å². The summed E-state index contributed by atoms with van der Waals surface area (Å²) in [5, 5.41) is 0. The Labute approximate surface area is 70.7 Å². The Kier molecular flexibility index (Phi) is 1.63. The molecule has 2 aromatic heterocycles. The van der Waals surface area contributed by atoms with E-state index in [0.717, 1.165) is 0 Å². The number of rotatable bonds is 1. The molecule has 2 heterocycles. The molecule has 0 saturated carbocycles. The summed E-state index contributed by atoms with van der Waals surface area (Å²) in [6.07, 6.45) is 7.41. The fourth-order valence-electron chi connectivity index (χ4n) is 1.05. The molecule has 60 valence electrons. The SMILES string of the molecule is Cc1ccn(-c2ncccn2)c1. The van der Waals surface area contributed by atoms with Gasteiger partial charge in [0.05, 0.1) is 0 Å². The standard InChI is InChI=1S/C9H9N3/c1-8-3-6-12(7-8)9-10-4-2-5-11-9/h2-7H,1H3. The molecule has 0 aliphatic heterocycles. The quantitative estimate of drug-likeness (QED) is 0.632. The second kappa shape index (κ2) is 2.77. The normalized spacial score (nSPS) is 10.1. The highest BCUT2D eigenvalue weighted by molar-refractivity contribution is 5.18. The van der Waals surface area contributed by atoms with Crippen molar-refractivity contribution in [3.63, 3.8) is 0 Å². The van der Waals surface area contributed by atoms with Gasteiger partial charge in [-0.25, -0.2) is 9.97 Å². The van der Waals surface area contributed by atoms with Gasteiger partial charge >= 0.3 is 0 Å². The molecule has 0 amide bonds. The van der Waals surface area contributed by atoms with Gasteiger partial charge in [-0.15, -0.1) is 0 Å². The number of nitrogens with zero attached hydrogens (tertiary/aromatic N) is 3. The van der Waals surface area contributed by atoms with Crippen molar-refractivity contribution < 1.29 is 0 Å². The first-order valence-corrected chi connectivity index (χ1v) is 3.78. The predicted octanol–water partition coefficient (Wildman–Crippen LogP) is 1.58. The summed E-state index contributed by atoms with van der Waals surface area (Å²) in [7, 11) is 0. The first kappa shape index (κ1) is 7.03. The molecule has 0 unspecified atom stereocenters. The van der Waals surface area contributed by atoms with E-state index in [4.69, 9.17) is 0 Å². The molecular weight excluding hydrogens is 150 g/mol. The van der Waals surface area contributed by atoms with Crippen LogP contribution in [0.15, 0.2) is 36.9 Å². The van der Waals surface area contributed by atoms with Crippen LogP contribution in [-0.2, 0) is 0 Å². The maximum Gasteiger partial charge on any atom is 0.233 e. The van der Waals surface area contributed by atoms with E-state index in [1.807, 2.05) is 30.0 Å². The summed E-state index contributed by atoms with van der Waals surface area (Å²) in [4.78, 5) is 8.23. The maximum atomic E-state index is 4.11. The van der Waals surface area contributed by atoms with Crippen molar-refractivity contribution in [2.75, 3.05) is 0 Å². The molecule has 3 heteroatoms. The van der Waals surface area contributed by atoms with Crippen LogP contribution in [0, 0.1) is 6.92 Å². The fourth-order valence-corrected chi connectivity index (χ4v) is 1.05. The average molecular weight is 159 g/mol. The van der Waals surface area contributed by atoms with E-state index in [1.54, 1.807) is 18.5 Å². The smallest absolute Gasteiger partial charge is 0.233 e. The Balaban J connectivity index is 2.45. The molecule has 0 spiro atoms. The molecule has 0 N–H and O–H groups in total. The molecule has 0 aliphatic carbocycles. The molecule has 12 heavy (non-hydrogen) atoms. The van der Waals surface area contributed by atoms with Crippen LogP contribution in [0.5, 0.6) is 0 Å². The van der Waals surface area contributed by atoms with E-state index in [2.05, 4.69) is 9.97 Å². The van der Waals surface area contributed by atoms with Gasteiger partial charge in [-0.2, -0.15) is 0 Å². The minimum Gasteiger partial charge on any atom is -0.293 e. The Bertz CT molecular complexity index is 364. The number of hydrogen-bond donors (Lipinski definition) is 0. The number of hydrogen-bond acceptors (Lipinski definition) is 2. The van der Waals surface area contributed by atoms with Crippen molar-refractivity contribution in [1.82, 2.24) is 14.5 Å². The third-order valence-corrected chi connectivity index (χ3v) is 1.62. The van der Waals surface area contributed by atoms with Gasteiger partial charge in [0.15, 0.2) is 0 Å². The molecule has 0 bridgehead atoms. The lowest BCUT2D eigenvalue weighted by atomic mass is 10.4. The minimum absolute atomic E-state index is 0.714. The highest BCUT2D eigenvalue weighted by Crippen LogP contribution is 2.03. The largest absolute Gasteiger partial charge is 0.293 e. The van der Waals surface area contributed by atoms with Gasteiger partial charge < -0.3 is 0 Å². The Morgan fingerprint density at radius 2 is 2.00 bits per heavy atom. The molecule has 0 aromatic carbocycles. The van der Waals surface area contributed by atoms with Crippen LogP contribution in [-0.4, -0.2) is 14.5 Å². The van der Waals surface area contributed by atoms with Crippen molar-refractivity contribution in [2.24, 2.45) is 0 Å². The Hall–Kier alpha value is -1.64. The second-order valence-electron chi connectivity index (χ2n) is 2.64. The number of aryl methyl sites for hydroxylation is 1. The summed E-state index contributed by atoms with van der Waals surface area (Å²) in [5.74, 6) is 0.714. The van der Waals surface area contributed by atoms with Crippen molar-refractivity contribution in [3.05, 3.63) is 42.5 Å². The predicted molar refractivity (Wildman–Crippen MR) is 46.1 cm³/mol. The zero-order chi connectivity index (χ0) is 8.39. The number of aromatic nitrogens is 3. The van der Waals surface area contributed by atoms with Crippen LogP contribution < -0.4 is 0 Å². The van der Waals surface area contributed by atoms with Gasteiger partial charge in [0.25, 0.3) is 0 Å². The molecule has 0 radical (unpaired) electrons. The summed E-state index contributed by atoms with van der Waals surface area (Å²) in [6, 6.07) is 3.83. The van der Waals surface area contributed by atoms with E-state index in [0.29, 0.717) is 5.95 Å². The third-order valence-electron chi connectivity index (χ3n) is 1.62. The minimum atomic E-state index is 0.714. The molecule has 0 fully saturated rings. The van der Waals surface area contributed by atoms with E-state index in [1.165, 1.54) is 5.56 Å². The third kappa shape index (κ3) is 1.21. The van der Waals surface area contributed by atoms with E-state index < -0.39 is 0 Å². The molecule has 2 rings (SSSR count). The summed E-state index contributed by atoms with van der Waals surface area (Å²) in [5.41, 5.74) is 1.21. The van der Waals surface area contributed by atoms with E-state index >= 15 is 0 Å². The second-order valence-corrected chi connectivity index (χ2v) is 2.64. The molecule has 0 aliphatic rings. The van der Waals surface area contributed by atoms with Crippen LogP contribution in [0.1, 0.15) is 5.56 Å². The Morgan fingerprint density at radius 3 is 2.58 bits per heavy atom. The van der Waals surface area contributed by atoms with Crippen LogP contribution >= 0.6 is 0 Å². The van der Waals surface area contributed by atoms with Gasteiger partial charge in [-0.1, -0.05) is 0 Å².